The second kappa shape index (κ2) is 13.3. The first-order valence-electron chi connectivity index (χ1n) is 7.29. The van der Waals surface area contributed by atoms with Gasteiger partial charge in [-0.1, -0.05) is 12.8 Å². The molecule has 2 unspecified atom stereocenters. The first-order valence-corrected chi connectivity index (χ1v) is 7.29. The lowest BCUT2D eigenvalue weighted by Gasteiger charge is -2.07. The molecule has 0 amide bonds. The molecule has 4 N–H and O–H groups in total. The molecule has 0 aromatic heterocycles. The molecule has 0 aromatic rings. The van der Waals surface area contributed by atoms with Crippen LogP contribution in [0.2, 0.25) is 0 Å². The van der Waals surface area contributed by atoms with Crippen molar-refractivity contribution in [2.75, 3.05) is 26.4 Å². The van der Waals surface area contributed by atoms with Crippen molar-refractivity contribution in [2.45, 2.75) is 64.5 Å². The summed E-state index contributed by atoms with van der Waals surface area (Å²) in [5, 5.41) is 0. The van der Waals surface area contributed by atoms with Gasteiger partial charge in [0.1, 0.15) is 0 Å². The molecular formula is C14H32N2O2. The van der Waals surface area contributed by atoms with E-state index >= 15 is 0 Å². The number of nitrogens with two attached hydrogens (primary N) is 2. The predicted octanol–water partition coefficient (Wildman–Crippen LogP) is 2.05. The van der Waals surface area contributed by atoms with Crippen molar-refractivity contribution in [3.8, 4) is 0 Å². The molecule has 0 bridgehead atoms. The number of unbranched alkanes of at least 4 members (excludes halogenated alkanes) is 3. The van der Waals surface area contributed by atoms with Crippen molar-refractivity contribution in [1.29, 1.82) is 0 Å². The maximum absolute atomic E-state index is 5.63. The molecule has 0 aliphatic heterocycles. The summed E-state index contributed by atoms with van der Waals surface area (Å²) in [6.45, 7) is 7.32. The molecule has 0 aliphatic carbocycles. The Morgan fingerprint density at radius 3 is 1.39 bits per heavy atom. The summed E-state index contributed by atoms with van der Waals surface area (Å²) >= 11 is 0. The Bertz CT molecular complexity index is 146. The smallest absolute Gasteiger partial charge is 0.0480 e. The fraction of sp³-hybridized carbons (Fsp3) is 1.00. The van der Waals surface area contributed by atoms with Crippen LogP contribution in [0, 0.1) is 0 Å². The monoisotopic (exact) mass is 260 g/mol. The lowest BCUT2D eigenvalue weighted by atomic mass is 10.2. The van der Waals surface area contributed by atoms with Gasteiger partial charge in [0.15, 0.2) is 0 Å². The third-order valence-corrected chi connectivity index (χ3v) is 2.76. The zero-order valence-corrected chi connectivity index (χ0v) is 12.2. The lowest BCUT2D eigenvalue weighted by Crippen LogP contribution is -2.17. The van der Waals surface area contributed by atoms with Gasteiger partial charge in [0, 0.05) is 38.5 Å². The molecule has 0 fully saturated rings. The molecule has 18 heavy (non-hydrogen) atoms. The van der Waals surface area contributed by atoms with Crippen LogP contribution >= 0.6 is 0 Å². The van der Waals surface area contributed by atoms with Crippen molar-refractivity contribution < 1.29 is 9.47 Å². The zero-order chi connectivity index (χ0) is 13.6. The molecule has 4 heteroatoms. The molecule has 110 valence electrons. The Labute approximate surface area is 112 Å². The minimum Gasteiger partial charge on any atom is -0.381 e. The summed E-state index contributed by atoms with van der Waals surface area (Å²) < 4.78 is 11.0. The van der Waals surface area contributed by atoms with Crippen LogP contribution in [0.3, 0.4) is 0 Å². The van der Waals surface area contributed by atoms with Gasteiger partial charge >= 0.3 is 0 Å². The second-order valence-electron chi connectivity index (χ2n) is 5.17. The topological polar surface area (TPSA) is 70.5 Å². The highest BCUT2D eigenvalue weighted by Gasteiger charge is 1.96. The van der Waals surface area contributed by atoms with Gasteiger partial charge in [0.05, 0.1) is 0 Å². The summed E-state index contributed by atoms with van der Waals surface area (Å²) in [4.78, 5) is 0. The molecule has 0 saturated heterocycles. The number of hydrogen-bond donors (Lipinski definition) is 2. The van der Waals surface area contributed by atoms with Crippen LogP contribution in [-0.4, -0.2) is 38.5 Å². The van der Waals surface area contributed by atoms with E-state index in [1.165, 1.54) is 12.8 Å². The number of ether oxygens (including phenoxy) is 2. The van der Waals surface area contributed by atoms with Crippen molar-refractivity contribution >= 4 is 0 Å². The van der Waals surface area contributed by atoms with Crippen molar-refractivity contribution in [3.05, 3.63) is 0 Å². The van der Waals surface area contributed by atoms with E-state index in [2.05, 4.69) is 0 Å². The van der Waals surface area contributed by atoms with E-state index in [1.54, 1.807) is 0 Å². The molecule has 0 aliphatic rings. The minimum atomic E-state index is 0.249. The average molecular weight is 260 g/mol. The lowest BCUT2D eigenvalue weighted by molar-refractivity contribution is 0.116. The van der Waals surface area contributed by atoms with Gasteiger partial charge in [-0.05, 0) is 39.5 Å². The maximum Gasteiger partial charge on any atom is 0.0480 e. The summed E-state index contributed by atoms with van der Waals surface area (Å²) in [5.41, 5.74) is 11.3. The first kappa shape index (κ1) is 17.8. The molecule has 2 atom stereocenters. The fourth-order valence-corrected chi connectivity index (χ4v) is 1.50. The Hall–Kier alpha value is -0.160. The predicted molar refractivity (Wildman–Crippen MR) is 76.6 cm³/mol. The normalized spacial score (nSPS) is 14.7. The van der Waals surface area contributed by atoms with Crippen molar-refractivity contribution in [3.63, 3.8) is 0 Å². The average Bonchev–Trinajstić information content (AvgIpc) is 2.29. The van der Waals surface area contributed by atoms with E-state index in [0.29, 0.717) is 0 Å². The van der Waals surface area contributed by atoms with Crippen LogP contribution in [0.1, 0.15) is 52.4 Å². The van der Waals surface area contributed by atoms with Crippen molar-refractivity contribution in [1.82, 2.24) is 0 Å². The molecular weight excluding hydrogens is 228 g/mol. The molecule has 0 rings (SSSR count). The molecule has 0 aromatic carbocycles. The van der Waals surface area contributed by atoms with Crippen LogP contribution in [0.15, 0.2) is 0 Å². The molecule has 0 spiro atoms. The van der Waals surface area contributed by atoms with Crippen molar-refractivity contribution in [2.24, 2.45) is 11.5 Å². The van der Waals surface area contributed by atoms with Crippen LogP contribution in [-0.2, 0) is 9.47 Å². The van der Waals surface area contributed by atoms with Gasteiger partial charge in [0.2, 0.25) is 0 Å². The summed E-state index contributed by atoms with van der Waals surface area (Å²) in [6, 6.07) is 0.497. The molecule has 0 heterocycles. The van der Waals surface area contributed by atoms with E-state index in [4.69, 9.17) is 20.9 Å². The Morgan fingerprint density at radius 1 is 0.667 bits per heavy atom. The zero-order valence-electron chi connectivity index (χ0n) is 12.2. The minimum absolute atomic E-state index is 0.249. The number of rotatable bonds is 13. The van der Waals surface area contributed by atoms with Crippen LogP contribution in [0.5, 0.6) is 0 Å². The van der Waals surface area contributed by atoms with E-state index < -0.39 is 0 Å². The van der Waals surface area contributed by atoms with Gasteiger partial charge in [-0.3, -0.25) is 0 Å². The third kappa shape index (κ3) is 15.8. The molecule has 0 radical (unpaired) electrons. The van der Waals surface area contributed by atoms with Gasteiger partial charge < -0.3 is 20.9 Å². The Balaban J connectivity index is 2.95. The standard InChI is InChI=1S/C14H32N2O2/c1-13(15)7-11-17-9-5-3-4-6-10-18-12-8-14(2)16/h13-14H,3-12,15-16H2,1-2H3. The summed E-state index contributed by atoms with van der Waals surface area (Å²) in [6.07, 6.45) is 6.61. The Morgan fingerprint density at radius 2 is 1.06 bits per heavy atom. The summed E-state index contributed by atoms with van der Waals surface area (Å²) in [7, 11) is 0. The highest BCUT2D eigenvalue weighted by Crippen LogP contribution is 2.01. The second-order valence-corrected chi connectivity index (χ2v) is 5.17. The van der Waals surface area contributed by atoms with Gasteiger partial charge in [-0.25, -0.2) is 0 Å². The first-order chi connectivity index (χ1) is 8.63. The largest absolute Gasteiger partial charge is 0.381 e. The van der Waals surface area contributed by atoms with Crippen LogP contribution in [0.25, 0.3) is 0 Å². The van der Waals surface area contributed by atoms with Gasteiger partial charge in [-0.15, -0.1) is 0 Å². The fourth-order valence-electron chi connectivity index (χ4n) is 1.50. The highest BCUT2D eigenvalue weighted by molar-refractivity contribution is 4.52. The van der Waals surface area contributed by atoms with Crippen LogP contribution in [0.4, 0.5) is 0 Å². The maximum atomic E-state index is 5.63. The quantitative estimate of drug-likeness (QED) is 0.497. The SMILES string of the molecule is CC(N)CCOCCCCCCOCCC(C)N. The van der Waals surface area contributed by atoms with Gasteiger partial charge in [0.25, 0.3) is 0 Å². The Kier molecular flexibility index (Phi) is 13.2. The van der Waals surface area contributed by atoms with E-state index in [0.717, 1.165) is 52.1 Å². The summed E-state index contributed by atoms with van der Waals surface area (Å²) in [5.74, 6) is 0. The third-order valence-electron chi connectivity index (χ3n) is 2.76. The van der Waals surface area contributed by atoms with E-state index in [-0.39, 0.29) is 12.1 Å². The van der Waals surface area contributed by atoms with Crippen LogP contribution < -0.4 is 11.5 Å². The molecule has 0 saturated carbocycles. The molecule has 4 nitrogen and oxygen atoms in total. The van der Waals surface area contributed by atoms with E-state index in [9.17, 15) is 0 Å². The van der Waals surface area contributed by atoms with E-state index in [1.807, 2.05) is 13.8 Å². The highest BCUT2D eigenvalue weighted by atomic mass is 16.5. The number of hydrogen-bond acceptors (Lipinski definition) is 4. The van der Waals surface area contributed by atoms with Gasteiger partial charge in [-0.2, -0.15) is 0 Å².